The Balaban J connectivity index is 3.99. The monoisotopic (exact) mass is 664 g/mol. The van der Waals surface area contributed by atoms with Crippen LogP contribution >= 0.6 is 23.5 Å². The lowest BCUT2D eigenvalue weighted by Crippen LogP contribution is -2.35. The molecule has 0 aromatic carbocycles. The standard InChI is InChI=1S/C34H66BrO5P/c1-3-5-7-9-11-13-15-17-19-21-23-25-27-29-31(36)33(35)34(41(38,39)40)32(37)30-28-26-24-22-20-18-16-14-12-10-8-6-4-2/h33-34H,3-30H2,1-2H3,(H2,38,39,40). The van der Waals surface area contributed by atoms with Crippen molar-refractivity contribution >= 4 is 35.1 Å². The summed E-state index contributed by atoms with van der Waals surface area (Å²) in [5.74, 6) is -0.748. The molecule has 7 heteroatoms. The van der Waals surface area contributed by atoms with Crippen molar-refractivity contribution in [3.8, 4) is 0 Å². The van der Waals surface area contributed by atoms with Gasteiger partial charge in [-0.3, -0.25) is 14.2 Å². The largest absolute Gasteiger partial charge is 0.337 e. The van der Waals surface area contributed by atoms with Crippen molar-refractivity contribution in [2.24, 2.45) is 0 Å². The molecular formula is C34H66BrO5P. The summed E-state index contributed by atoms with van der Waals surface area (Å²) >= 11 is 3.20. The van der Waals surface area contributed by atoms with E-state index < -0.39 is 23.9 Å². The van der Waals surface area contributed by atoms with Gasteiger partial charge >= 0.3 is 7.60 Å². The molecular weight excluding hydrogens is 599 g/mol. The van der Waals surface area contributed by atoms with Crippen LogP contribution in [0.4, 0.5) is 0 Å². The molecule has 0 fully saturated rings. The second kappa shape index (κ2) is 28.7. The van der Waals surface area contributed by atoms with Crippen LogP contribution in [0.2, 0.25) is 0 Å². The number of unbranched alkanes of at least 4 members (excludes halogenated alkanes) is 24. The van der Waals surface area contributed by atoms with Gasteiger partial charge in [0.25, 0.3) is 0 Å². The van der Waals surface area contributed by atoms with Crippen molar-refractivity contribution in [2.75, 3.05) is 0 Å². The molecule has 0 aromatic rings. The molecule has 0 rings (SSSR count). The SMILES string of the molecule is CCCCCCCCCCCCCCCC(=O)C(Br)C(C(=O)CCCCCCCCCCCCCCC)P(=O)(O)O. The molecule has 0 aromatic heterocycles. The number of hydrogen-bond acceptors (Lipinski definition) is 3. The Labute approximate surface area is 262 Å². The molecule has 0 bridgehead atoms. The van der Waals surface area contributed by atoms with Crippen molar-refractivity contribution in [1.82, 2.24) is 0 Å². The van der Waals surface area contributed by atoms with Gasteiger partial charge in [0.1, 0.15) is 17.2 Å². The van der Waals surface area contributed by atoms with Gasteiger partial charge in [0, 0.05) is 12.8 Å². The van der Waals surface area contributed by atoms with Crippen LogP contribution in [-0.4, -0.2) is 31.8 Å². The van der Waals surface area contributed by atoms with Crippen molar-refractivity contribution in [1.29, 1.82) is 0 Å². The number of carbonyl (C=O) groups is 2. The molecule has 244 valence electrons. The van der Waals surface area contributed by atoms with E-state index in [1.165, 1.54) is 122 Å². The van der Waals surface area contributed by atoms with E-state index in [0.717, 1.165) is 32.1 Å². The Morgan fingerprint density at radius 2 is 0.732 bits per heavy atom. The van der Waals surface area contributed by atoms with Gasteiger partial charge in [0.15, 0.2) is 0 Å². The molecule has 0 heterocycles. The van der Waals surface area contributed by atoms with Crippen molar-refractivity contribution in [3.05, 3.63) is 0 Å². The lowest BCUT2D eigenvalue weighted by Gasteiger charge is -2.21. The molecule has 0 amide bonds. The lowest BCUT2D eigenvalue weighted by molar-refractivity contribution is -0.123. The van der Waals surface area contributed by atoms with E-state index in [2.05, 4.69) is 29.8 Å². The van der Waals surface area contributed by atoms with E-state index in [1.807, 2.05) is 0 Å². The van der Waals surface area contributed by atoms with Crippen LogP contribution in [0, 0.1) is 0 Å². The van der Waals surface area contributed by atoms with Crippen LogP contribution < -0.4 is 0 Å². The average molecular weight is 666 g/mol. The number of Topliss-reactive ketones (excluding diaryl/α,β-unsaturated/α-hetero) is 2. The second-order valence-corrected chi connectivity index (χ2v) is 15.1. The second-order valence-electron chi connectivity index (χ2n) is 12.4. The first kappa shape index (κ1) is 41.0. The molecule has 0 aliphatic heterocycles. The summed E-state index contributed by atoms with van der Waals surface area (Å²) in [6, 6.07) is 0. The van der Waals surface area contributed by atoms with Gasteiger partial charge in [-0.25, -0.2) is 0 Å². The van der Waals surface area contributed by atoms with E-state index in [0.29, 0.717) is 12.8 Å². The number of hydrogen-bond donors (Lipinski definition) is 2. The lowest BCUT2D eigenvalue weighted by atomic mass is 10.0. The fourth-order valence-corrected chi connectivity index (χ4v) is 8.08. The highest BCUT2D eigenvalue weighted by atomic mass is 79.9. The predicted molar refractivity (Wildman–Crippen MR) is 179 cm³/mol. The quantitative estimate of drug-likeness (QED) is 0.0424. The Morgan fingerprint density at radius 3 is 1.00 bits per heavy atom. The first-order valence-electron chi connectivity index (χ1n) is 17.5. The third kappa shape index (κ3) is 25.0. The van der Waals surface area contributed by atoms with Gasteiger partial charge in [-0.05, 0) is 12.8 Å². The van der Waals surface area contributed by atoms with E-state index >= 15 is 0 Å². The summed E-state index contributed by atoms with van der Waals surface area (Å²) in [4.78, 5) is 44.1. The first-order chi connectivity index (χ1) is 19.8. The number of carbonyl (C=O) groups excluding carboxylic acids is 2. The van der Waals surface area contributed by atoms with E-state index in [-0.39, 0.29) is 18.6 Å². The average Bonchev–Trinajstić information content (AvgIpc) is 2.93. The van der Waals surface area contributed by atoms with Crippen LogP contribution in [0.25, 0.3) is 0 Å². The van der Waals surface area contributed by atoms with Crippen molar-refractivity contribution < 1.29 is 23.9 Å². The van der Waals surface area contributed by atoms with Gasteiger partial charge in [-0.1, -0.05) is 184 Å². The van der Waals surface area contributed by atoms with Crippen LogP contribution in [0.3, 0.4) is 0 Å². The minimum absolute atomic E-state index is 0.127. The maximum atomic E-state index is 12.8. The summed E-state index contributed by atoms with van der Waals surface area (Å²) in [5.41, 5.74) is -1.56. The molecule has 0 aliphatic carbocycles. The van der Waals surface area contributed by atoms with Gasteiger partial charge in [0.05, 0.1) is 4.83 Å². The van der Waals surface area contributed by atoms with Crippen LogP contribution in [0.15, 0.2) is 0 Å². The topological polar surface area (TPSA) is 91.7 Å². The van der Waals surface area contributed by atoms with Gasteiger partial charge in [-0.2, -0.15) is 0 Å². The maximum absolute atomic E-state index is 12.8. The normalized spacial score (nSPS) is 13.4. The summed E-state index contributed by atoms with van der Waals surface area (Å²) in [7, 11) is -4.72. The minimum Gasteiger partial charge on any atom is -0.324 e. The van der Waals surface area contributed by atoms with Gasteiger partial charge < -0.3 is 9.79 Å². The van der Waals surface area contributed by atoms with Crippen LogP contribution in [0.1, 0.15) is 194 Å². The molecule has 5 nitrogen and oxygen atoms in total. The van der Waals surface area contributed by atoms with E-state index in [9.17, 15) is 23.9 Å². The molecule has 2 atom stereocenters. The molecule has 0 spiro atoms. The zero-order valence-corrected chi connectivity index (χ0v) is 29.4. The molecule has 41 heavy (non-hydrogen) atoms. The zero-order valence-electron chi connectivity index (χ0n) is 26.9. The third-order valence-electron chi connectivity index (χ3n) is 8.33. The number of alkyl halides is 1. The predicted octanol–water partition coefficient (Wildman–Crippen LogP) is 11.4. The summed E-state index contributed by atoms with van der Waals surface area (Å²) in [5, 5.41) is 0. The molecule has 0 aliphatic rings. The first-order valence-corrected chi connectivity index (χ1v) is 20.1. The summed E-state index contributed by atoms with van der Waals surface area (Å²) < 4.78 is 12.1. The third-order valence-corrected chi connectivity index (χ3v) is 11.1. The smallest absolute Gasteiger partial charge is 0.324 e. The van der Waals surface area contributed by atoms with E-state index in [1.54, 1.807) is 0 Å². The Bertz CT molecular complexity index is 666. The van der Waals surface area contributed by atoms with Gasteiger partial charge in [0.2, 0.25) is 0 Å². The molecule has 0 saturated heterocycles. The Hall–Kier alpha value is -0.0300. The van der Waals surface area contributed by atoms with Crippen LogP contribution in [0.5, 0.6) is 0 Å². The molecule has 0 saturated carbocycles. The number of rotatable bonds is 32. The van der Waals surface area contributed by atoms with E-state index in [4.69, 9.17) is 0 Å². The fourth-order valence-electron chi connectivity index (χ4n) is 5.62. The summed E-state index contributed by atoms with van der Waals surface area (Å²) in [6.45, 7) is 4.49. The van der Waals surface area contributed by atoms with Crippen LogP contribution in [-0.2, 0) is 14.2 Å². The zero-order chi connectivity index (χ0) is 30.6. The maximum Gasteiger partial charge on any atom is 0.337 e. The summed E-state index contributed by atoms with van der Waals surface area (Å²) in [6.07, 6.45) is 31.7. The fraction of sp³-hybridized carbons (Fsp3) is 0.941. The molecule has 0 radical (unpaired) electrons. The van der Waals surface area contributed by atoms with Crippen molar-refractivity contribution in [3.63, 3.8) is 0 Å². The highest BCUT2D eigenvalue weighted by molar-refractivity contribution is 9.10. The number of halogens is 1. The number of ketones is 2. The highest BCUT2D eigenvalue weighted by Gasteiger charge is 2.43. The molecule has 2 N–H and O–H groups in total. The minimum atomic E-state index is -4.72. The van der Waals surface area contributed by atoms with Crippen molar-refractivity contribution in [2.45, 2.75) is 204 Å². The highest BCUT2D eigenvalue weighted by Crippen LogP contribution is 2.46. The Morgan fingerprint density at radius 1 is 0.488 bits per heavy atom. The molecule has 2 unspecified atom stereocenters. The Kier molecular flexibility index (Phi) is 28.7. The van der Waals surface area contributed by atoms with Gasteiger partial charge in [-0.15, -0.1) is 0 Å².